The molecule has 0 saturated carbocycles. The first kappa shape index (κ1) is 13.6. The molecule has 0 fully saturated rings. The van der Waals surface area contributed by atoms with Gasteiger partial charge in [-0.2, -0.15) is 0 Å². The zero-order chi connectivity index (χ0) is 15.8. The minimum atomic E-state index is -0.974. The summed E-state index contributed by atoms with van der Waals surface area (Å²) >= 11 is 0. The molecule has 1 heterocycles. The number of phenolic OH excluding ortho intramolecular Hbond substituents is 1. The molecule has 2 unspecified atom stereocenters. The quantitative estimate of drug-likeness (QED) is 0.785. The predicted molar refractivity (Wildman–Crippen MR) is 87.8 cm³/mol. The van der Waals surface area contributed by atoms with Gasteiger partial charge < -0.3 is 10.2 Å². The van der Waals surface area contributed by atoms with E-state index in [1.54, 1.807) is 0 Å². The van der Waals surface area contributed by atoms with Gasteiger partial charge in [-0.25, -0.2) is 0 Å². The molecular formula is C20H21NO2. The maximum atomic E-state index is 11.5. The van der Waals surface area contributed by atoms with Gasteiger partial charge in [0.15, 0.2) is 0 Å². The maximum Gasteiger partial charge on any atom is 0.119 e. The summed E-state index contributed by atoms with van der Waals surface area (Å²) in [6.45, 7) is 2.00. The molecule has 0 radical (unpaired) electrons. The van der Waals surface area contributed by atoms with Crippen LogP contribution < -0.4 is 0 Å². The topological polar surface area (TPSA) is 53.4 Å². The number of rotatable bonds is 0. The number of nitrogens with zero attached hydrogens (tertiary/aromatic N) is 1. The first-order chi connectivity index (χ1) is 11.1. The van der Waals surface area contributed by atoms with Gasteiger partial charge in [0.05, 0.1) is 0 Å². The van der Waals surface area contributed by atoms with Gasteiger partial charge in [0.2, 0.25) is 0 Å². The van der Waals surface area contributed by atoms with Crippen LogP contribution >= 0.6 is 0 Å². The van der Waals surface area contributed by atoms with Crippen molar-refractivity contribution in [2.45, 2.75) is 57.0 Å². The van der Waals surface area contributed by atoms with E-state index in [0.29, 0.717) is 11.7 Å². The molecule has 2 aromatic rings. The van der Waals surface area contributed by atoms with E-state index in [4.69, 9.17) is 4.98 Å². The van der Waals surface area contributed by atoms with Crippen LogP contribution in [0.25, 0.3) is 0 Å². The Balaban J connectivity index is 1.80. The molecular weight excluding hydrogens is 286 g/mol. The molecule has 1 aromatic heterocycles. The van der Waals surface area contributed by atoms with Crippen molar-refractivity contribution in [2.75, 3.05) is 0 Å². The van der Waals surface area contributed by atoms with Crippen molar-refractivity contribution in [2.24, 2.45) is 0 Å². The lowest BCUT2D eigenvalue weighted by Crippen LogP contribution is -2.29. The predicted octanol–water partition coefficient (Wildman–Crippen LogP) is 3.25. The number of fused-ring (bicyclic) bond motifs is 9. The molecule has 0 saturated heterocycles. The summed E-state index contributed by atoms with van der Waals surface area (Å²) in [7, 11) is 0. The molecule has 3 nitrogen and oxygen atoms in total. The molecule has 2 atom stereocenters. The Labute approximate surface area is 136 Å². The van der Waals surface area contributed by atoms with E-state index < -0.39 is 5.60 Å². The number of pyridine rings is 1. The highest BCUT2D eigenvalue weighted by Gasteiger charge is 2.50. The first-order valence-electron chi connectivity index (χ1n) is 8.65. The Bertz CT molecular complexity index is 842. The van der Waals surface area contributed by atoms with Crippen molar-refractivity contribution in [3.8, 4) is 5.75 Å². The lowest BCUT2D eigenvalue weighted by molar-refractivity contribution is 0.0690. The molecule has 2 bridgehead atoms. The lowest BCUT2D eigenvalue weighted by atomic mass is 9.80. The van der Waals surface area contributed by atoms with Crippen LogP contribution in [-0.4, -0.2) is 15.2 Å². The van der Waals surface area contributed by atoms with Crippen molar-refractivity contribution in [3.05, 3.63) is 57.4 Å². The number of aliphatic hydroxyl groups is 1. The smallest absolute Gasteiger partial charge is 0.119 e. The van der Waals surface area contributed by atoms with Gasteiger partial charge >= 0.3 is 0 Å². The number of aromatic hydroxyl groups is 1. The second-order valence-electron chi connectivity index (χ2n) is 7.43. The Morgan fingerprint density at radius 1 is 1.13 bits per heavy atom. The summed E-state index contributed by atoms with van der Waals surface area (Å²) < 4.78 is 0. The van der Waals surface area contributed by atoms with E-state index in [1.165, 1.54) is 17.5 Å². The summed E-state index contributed by atoms with van der Waals surface area (Å²) in [6, 6.07) is 5.85. The molecule has 0 amide bonds. The molecule has 3 aliphatic carbocycles. The van der Waals surface area contributed by atoms with Gasteiger partial charge in [-0.05, 0) is 85.8 Å². The van der Waals surface area contributed by atoms with Gasteiger partial charge in [-0.15, -0.1) is 0 Å². The highest BCUT2D eigenvalue weighted by atomic mass is 16.3. The van der Waals surface area contributed by atoms with Crippen LogP contribution in [0.15, 0.2) is 18.2 Å². The second-order valence-corrected chi connectivity index (χ2v) is 7.43. The molecule has 23 heavy (non-hydrogen) atoms. The van der Waals surface area contributed by atoms with E-state index >= 15 is 0 Å². The number of benzene rings is 1. The third-order valence-electron chi connectivity index (χ3n) is 6.07. The number of aromatic nitrogens is 1. The third kappa shape index (κ3) is 1.66. The second kappa shape index (κ2) is 4.35. The van der Waals surface area contributed by atoms with Gasteiger partial charge in [0.1, 0.15) is 11.4 Å². The number of hydrogen-bond donors (Lipinski definition) is 2. The maximum absolute atomic E-state index is 11.5. The zero-order valence-electron chi connectivity index (χ0n) is 13.4. The van der Waals surface area contributed by atoms with Crippen molar-refractivity contribution in [1.29, 1.82) is 0 Å². The van der Waals surface area contributed by atoms with Crippen LogP contribution in [0, 0.1) is 6.92 Å². The molecule has 5 rings (SSSR count). The molecule has 1 aromatic carbocycles. The van der Waals surface area contributed by atoms with Crippen LogP contribution in [0.2, 0.25) is 0 Å². The molecule has 118 valence electrons. The minimum absolute atomic E-state index is 0.337. The molecule has 0 spiro atoms. The summed E-state index contributed by atoms with van der Waals surface area (Å²) in [5, 5.41) is 22.0. The van der Waals surface area contributed by atoms with Crippen LogP contribution in [0.1, 0.15) is 64.4 Å². The van der Waals surface area contributed by atoms with E-state index in [9.17, 15) is 10.2 Å². The highest BCUT2D eigenvalue weighted by molar-refractivity contribution is 5.61. The number of phenols is 1. The van der Waals surface area contributed by atoms with E-state index in [2.05, 4.69) is 0 Å². The van der Waals surface area contributed by atoms with Crippen LogP contribution in [0.4, 0.5) is 0 Å². The standard InChI is InChI=1S/C20H21NO2/c1-11-6-7-15-17(21-11)8-12-10-20(15,23)16-9-18(22)13-4-2-3-5-14(13)19(12)16/h6-7,9,12,22-23H,2-5,8,10H2,1H3. The number of hydrogen-bond acceptors (Lipinski definition) is 3. The fraction of sp³-hybridized carbons (Fsp3) is 0.450. The van der Waals surface area contributed by atoms with E-state index in [0.717, 1.165) is 60.2 Å². The Morgan fingerprint density at radius 3 is 2.74 bits per heavy atom. The lowest BCUT2D eigenvalue weighted by Gasteiger charge is -2.31. The Morgan fingerprint density at radius 2 is 1.91 bits per heavy atom. The molecule has 0 aliphatic heterocycles. The third-order valence-corrected chi connectivity index (χ3v) is 6.07. The largest absolute Gasteiger partial charge is 0.508 e. The number of aryl methyl sites for hydroxylation is 1. The summed E-state index contributed by atoms with van der Waals surface area (Å²) in [5.41, 5.74) is 6.69. The average Bonchev–Trinajstić information content (AvgIpc) is 2.76. The first-order valence-corrected chi connectivity index (χ1v) is 8.65. The summed E-state index contributed by atoms with van der Waals surface area (Å²) in [4.78, 5) is 4.69. The van der Waals surface area contributed by atoms with Crippen molar-refractivity contribution in [1.82, 2.24) is 4.98 Å². The van der Waals surface area contributed by atoms with Gasteiger partial charge in [-0.3, -0.25) is 4.98 Å². The van der Waals surface area contributed by atoms with Crippen molar-refractivity contribution < 1.29 is 10.2 Å². The molecule has 2 N–H and O–H groups in total. The summed E-state index contributed by atoms with van der Waals surface area (Å²) in [6.07, 6.45) is 5.96. The van der Waals surface area contributed by atoms with Gasteiger partial charge in [0.25, 0.3) is 0 Å². The average molecular weight is 307 g/mol. The SMILES string of the molecule is Cc1ccc2c(n1)CC1CC2(O)c2cc(O)c3c(c21)CCCC3. The van der Waals surface area contributed by atoms with E-state index in [1.807, 2.05) is 25.1 Å². The van der Waals surface area contributed by atoms with Gasteiger partial charge in [0, 0.05) is 17.0 Å². The highest BCUT2D eigenvalue weighted by Crippen LogP contribution is 2.57. The fourth-order valence-electron chi connectivity index (χ4n) is 5.13. The van der Waals surface area contributed by atoms with Gasteiger partial charge in [-0.1, -0.05) is 6.07 Å². The van der Waals surface area contributed by atoms with Crippen molar-refractivity contribution in [3.63, 3.8) is 0 Å². The van der Waals surface area contributed by atoms with Crippen LogP contribution in [-0.2, 0) is 24.9 Å². The fourth-order valence-corrected chi connectivity index (χ4v) is 5.13. The Kier molecular flexibility index (Phi) is 2.57. The van der Waals surface area contributed by atoms with E-state index in [-0.39, 0.29) is 0 Å². The zero-order valence-corrected chi connectivity index (χ0v) is 13.4. The Hall–Kier alpha value is -1.87. The minimum Gasteiger partial charge on any atom is -0.508 e. The van der Waals surface area contributed by atoms with Crippen LogP contribution in [0.5, 0.6) is 5.75 Å². The monoisotopic (exact) mass is 307 g/mol. The molecule has 3 heteroatoms. The van der Waals surface area contributed by atoms with Crippen molar-refractivity contribution >= 4 is 0 Å². The molecule has 3 aliphatic rings. The summed E-state index contributed by atoms with van der Waals surface area (Å²) in [5.74, 6) is 0.713. The van der Waals surface area contributed by atoms with Crippen LogP contribution in [0.3, 0.4) is 0 Å². The normalized spacial score (nSPS) is 27.3.